The van der Waals surface area contributed by atoms with E-state index in [0.29, 0.717) is 13.0 Å². The van der Waals surface area contributed by atoms with Crippen molar-refractivity contribution in [3.05, 3.63) is 0 Å². The molecule has 0 aromatic rings. The lowest BCUT2D eigenvalue weighted by Crippen LogP contribution is -2.32. The van der Waals surface area contributed by atoms with E-state index in [0.717, 1.165) is 6.42 Å². The summed E-state index contributed by atoms with van der Waals surface area (Å²) < 4.78 is 32.7. The molecule has 0 amide bonds. The highest BCUT2D eigenvalue weighted by Gasteiger charge is 2.37. The van der Waals surface area contributed by atoms with Crippen LogP contribution in [0.3, 0.4) is 0 Å². The van der Waals surface area contributed by atoms with Crippen LogP contribution in [0.25, 0.3) is 0 Å². The van der Waals surface area contributed by atoms with E-state index in [2.05, 4.69) is 0 Å². The van der Waals surface area contributed by atoms with Gasteiger partial charge in [-0.05, 0) is 13.8 Å². The van der Waals surface area contributed by atoms with Crippen molar-refractivity contribution in [1.82, 2.24) is 0 Å². The normalized spacial score (nSPS) is 40.4. The summed E-state index contributed by atoms with van der Waals surface area (Å²) in [5, 5.41) is 0. The zero-order valence-corrected chi connectivity index (χ0v) is 15.7. The highest BCUT2D eigenvalue weighted by molar-refractivity contribution is 8.06. The van der Waals surface area contributed by atoms with Gasteiger partial charge in [0.2, 0.25) is 0 Å². The Morgan fingerprint density at radius 3 is 2.17 bits per heavy atom. The van der Waals surface area contributed by atoms with Crippen LogP contribution in [0.4, 0.5) is 0 Å². The third-order valence-corrected chi connectivity index (χ3v) is 5.64. The molecule has 0 spiro atoms. The van der Waals surface area contributed by atoms with Crippen LogP contribution < -0.4 is 4.89 Å². The first-order valence-corrected chi connectivity index (χ1v) is 10.4. The largest absolute Gasteiger partial charge is 0.780 e. The summed E-state index contributed by atoms with van der Waals surface area (Å²) in [5.41, 5.74) is 0. The van der Waals surface area contributed by atoms with Crippen LogP contribution in [0.5, 0.6) is 0 Å². The molecule has 2 rings (SSSR count). The van der Waals surface area contributed by atoms with Gasteiger partial charge in [0.05, 0.1) is 37.6 Å². The monoisotopic (exact) mass is 369 g/mol. The first-order chi connectivity index (χ1) is 10.8. The molecule has 0 bridgehead atoms. The van der Waals surface area contributed by atoms with Crippen molar-refractivity contribution in [1.29, 1.82) is 0 Å². The molecular weight excluding hydrogens is 343 g/mol. The molecule has 23 heavy (non-hydrogen) atoms. The molecule has 0 aliphatic carbocycles. The summed E-state index contributed by atoms with van der Waals surface area (Å²) in [6, 6.07) is 0. The molecule has 2 aliphatic heterocycles. The van der Waals surface area contributed by atoms with E-state index in [-0.39, 0.29) is 37.1 Å². The van der Waals surface area contributed by atoms with Gasteiger partial charge in [-0.25, -0.2) is 0 Å². The van der Waals surface area contributed by atoms with Gasteiger partial charge in [-0.15, -0.1) is 0 Å². The first kappa shape index (κ1) is 19.7. The van der Waals surface area contributed by atoms with Gasteiger partial charge in [0.1, 0.15) is 18.9 Å². The van der Waals surface area contributed by atoms with E-state index in [4.69, 9.17) is 39.8 Å². The van der Waals surface area contributed by atoms with E-state index in [1.165, 1.54) is 0 Å². The summed E-state index contributed by atoms with van der Waals surface area (Å²) in [6.45, 7) is 0.709. The molecule has 7 nitrogen and oxygen atoms in total. The van der Waals surface area contributed by atoms with Crippen LogP contribution in [-0.4, -0.2) is 64.1 Å². The van der Waals surface area contributed by atoms with Gasteiger partial charge in [-0.3, -0.25) is 0 Å². The van der Waals surface area contributed by atoms with Gasteiger partial charge >= 0.3 is 0 Å². The Kier molecular flexibility index (Phi) is 7.40. The lowest BCUT2D eigenvalue weighted by atomic mass is 10.1. The molecule has 0 aromatic heterocycles. The molecule has 7 atom stereocenters. The summed E-state index contributed by atoms with van der Waals surface area (Å²) >= 11 is 5.01. The number of methoxy groups -OCH3 is 2. The van der Waals surface area contributed by atoms with Gasteiger partial charge in [-0.1, -0.05) is 11.8 Å². The molecule has 2 fully saturated rings. The van der Waals surface area contributed by atoms with Gasteiger partial charge in [-0.2, -0.15) is 0 Å². The number of hydrogen-bond acceptors (Lipinski definition) is 8. The number of hydrogen-bond donors (Lipinski definition) is 0. The van der Waals surface area contributed by atoms with Crippen molar-refractivity contribution in [2.45, 2.75) is 63.3 Å². The van der Waals surface area contributed by atoms with E-state index >= 15 is 0 Å². The van der Waals surface area contributed by atoms with Gasteiger partial charge in [0, 0.05) is 27.1 Å². The minimum Gasteiger partial charge on any atom is -0.780 e. The van der Waals surface area contributed by atoms with Crippen LogP contribution in [0.15, 0.2) is 0 Å². The molecule has 0 aromatic carbocycles. The van der Waals surface area contributed by atoms with Crippen molar-refractivity contribution in [3.8, 4) is 0 Å². The van der Waals surface area contributed by atoms with Crippen molar-refractivity contribution in [2.75, 3.05) is 27.4 Å². The Labute approximate surface area is 142 Å². The van der Waals surface area contributed by atoms with E-state index in [9.17, 15) is 4.89 Å². The maximum atomic E-state index is 12.4. The third kappa shape index (κ3) is 5.70. The highest BCUT2D eigenvalue weighted by Crippen LogP contribution is 2.44. The summed E-state index contributed by atoms with van der Waals surface area (Å²) in [4.78, 5) is 12.4. The minimum atomic E-state index is -3.63. The average molecular weight is 369 g/mol. The van der Waals surface area contributed by atoms with Crippen LogP contribution in [0.1, 0.15) is 26.7 Å². The number of rotatable bonds is 8. The zero-order valence-electron chi connectivity index (χ0n) is 14.0. The van der Waals surface area contributed by atoms with Crippen molar-refractivity contribution in [2.24, 2.45) is 0 Å². The maximum Gasteiger partial charge on any atom is 0.116 e. The number of ether oxygens (including phenoxy) is 4. The second-order valence-corrected chi connectivity index (χ2v) is 8.76. The zero-order chi connectivity index (χ0) is 17.0. The second kappa shape index (κ2) is 8.65. The molecule has 0 N–H and O–H groups in total. The maximum absolute atomic E-state index is 12.4. The van der Waals surface area contributed by atoms with Crippen LogP contribution in [0, 0.1) is 0 Å². The Hall–Kier alpha value is 0.370. The summed E-state index contributed by atoms with van der Waals surface area (Å²) in [6.07, 6.45) is 0.409. The first-order valence-electron chi connectivity index (χ1n) is 7.81. The molecule has 2 saturated heterocycles. The molecule has 0 saturated carbocycles. The van der Waals surface area contributed by atoms with E-state index in [1.807, 2.05) is 13.8 Å². The quantitative estimate of drug-likeness (QED) is 0.586. The van der Waals surface area contributed by atoms with Crippen LogP contribution >= 0.6 is 6.72 Å². The second-order valence-electron chi connectivity index (χ2n) is 6.06. The summed E-state index contributed by atoms with van der Waals surface area (Å²) in [7, 11) is 3.20. The molecule has 1 unspecified atom stereocenters. The predicted octanol–water partition coefficient (Wildman–Crippen LogP) is 0.989. The fourth-order valence-electron chi connectivity index (χ4n) is 3.02. The molecule has 9 heteroatoms. The van der Waals surface area contributed by atoms with Gasteiger partial charge in [0.25, 0.3) is 0 Å². The molecule has 136 valence electrons. The van der Waals surface area contributed by atoms with Crippen LogP contribution in [-0.2, 0) is 39.8 Å². The Morgan fingerprint density at radius 2 is 1.61 bits per heavy atom. The SMILES string of the molecule is COC[C@H]1O[C@@H](C)C[C@H]1OP([O-])(=S)OC[C@H]1O[C@@H](C)C[C@H]1OC. The van der Waals surface area contributed by atoms with Gasteiger partial charge in [0.15, 0.2) is 0 Å². The summed E-state index contributed by atoms with van der Waals surface area (Å²) in [5.74, 6) is 0. The Morgan fingerprint density at radius 1 is 1.04 bits per heavy atom. The smallest absolute Gasteiger partial charge is 0.116 e. The molecule has 0 radical (unpaired) electrons. The topological polar surface area (TPSA) is 78.4 Å². The van der Waals surface area contributed by atoms with Crippen molar-refractivity contribution >= 4 is 18.5 Å². The molecule has 2 heterocycles. The average Bonchev–Trinajstić information content (AvgIpc) is 2.99. The fourth-order valence-corrected chi connectivity index (χ4v) is 4.48. The lowest BCUT2D eigenvalue weighted by Gasteiger charge is -2.33. The standard InChI is InChI=1S/C14H27O7PS/c1-9-5-11(17-4)14(20-9)8-18-22(15,23)21-12-6-10(2)19-13(12)7-16-3/h9-14H,5-8H2,1-4H3,(H,15,23)/p-1/t9-,10-,11+,12+,13+,14+,22?/m0/s1. The Bertz CT molecular complexity index is 424. The van der Waals surface area contributed by atoms with Crippen molar-refractivity contribution < 1.29 is 32.9 Å². The lowest BCUT2D eigenvalue weighted by molar-refractivity contribution is -0.215. The third-order valence-electron chi connectivity index (χ3n) is 4.07. The highest BCUT2D eigenvalue weighted by atomic mass is 32.5. The molecular formula is C14H26O7PS-. The van der Waals surface area contributed by atoms with Crippen LogP contribution in [0.2, 0.25) is 0 Å². The molecule has 2 aliphatic rings. The van der Waals surface area contributed by atoms with Gasteiger partial charge < -0.3 is 32.9 Å². The Balaban J connectivity index is 1.85. The van der Waals surface area contributed by atoms with Crippen molar-refractivity contribution in [3.63, 3.8) is 0 Å². The van der Waals surface area contributed by atoms with E-state index in [1.54, 1.807) is 14.2 Å². The predicted molar refractivity (Wildman–Crippen MR) is 85.7 cm³/mol. The fraction of sp³-hybridized carbons (Fsp3) is 1.00. The van der Waals surface area contributed by atoms with E-state index < -0.39 is 12.8 Å². The minimum absolute atomic E-state index is 0.00652.